The molecule has 18 heavy (non-hydrogen) atoms. The molecule has 0 amide bonds. The van der Waals surface area contributed by atoms with Gasteiger partial charge in [0, 0.05) is 21.7 Å². The minimum absolute atomic E-state index is 0.315. The molecule has 0 heterocycles. The van der Waals surface area contributed by atoms with Gasteiger partial charge < -0.3 is 5.32 Å². The van der Waals surface area contributed by atoms with Crippen molar-refractivity contribution >= 4 is 33.2 Å². The van der Waals surface area contributed by atoms with Gasteiger partial charge >= 0.3 is 0 Å². The molecule has 4 heteroatoms. The first-order chi connectivity index (χ1) is 8.52. The van der Waals surface area contributed by atoms with Crippen LogP contribution in [0.4, 0.5) is 10.1 Å². The Hall–Kier alpha value is -1.06. The lowest BCUT2D eigenvalue weighted by molar-refractivity contribution is 0.626. The van der Waals surface area contributed by atoms with Crippen LogP contribution < -0.4 is 5.32 Å². The molecule has 2 rings (SSSR count). The van der Waals surface area contributed by atoms with Crippen molar-refractivity contribution in [1.29, 1.82) is 0 Å². The second-order valence-electron chi connectivity index (χ2n) is 4.15. The molecule has 0 aliphatic carbocycles. The van der Waals surface area contributed by atoms with Gasteiger partial charge in [-0.15, -0.1) is 0 Å². The molecule has 0 bridgehead atoms. The maximum atomic E-state index is 13.2. The highest BCUT2D eigenvalue weighted by Crippen LogP contribution is 2.20. The third-order valence-electron chi connectivity index (χ3n) is 2.46. The smallest absolute Gasteiger partial charge is 0.125 e. The number of hydrogen-bond donors (Lipinski definition) is 1. The normalized spacial score (nSPS) is 10.4. The van der Waals surface area contributed by atoms with Crippen molar-refractivity contribution in [3.8, 4) is 0 Å². The first-order valence-electron chi connectivity index (χ1n) is 5.49. The van der Waals surface area contributed by atoms with Crippen LogP contribution >= 0.6 is 27.5 Å². The fourth-order valence-corrected chi connectivity index (χ4v) is 2.61. The molecular formula is C14H12BrClFN. The SMILES string of the molecule is Cc1cc(Br)cc(NCc2cc(F)cc(Cl)c2)c1. The molecule has 0 radical (unpaired) electrons. The predicted octanol–water partition coefficient (Wildman–Crippen LogP) is 5.16. The van der Waals surface area contributed by atoms with E-state index in [2.05, 4.69) is 21.2 Å². The highest BCUT2D eigenvalue weighted by atomic mass is 79.9. The second-order valence-corrected chi connectivity index (χ2v) is 5.50. The first-order valence-corrected chi connectivity index (χ1v) is 6.66. The summed E-state index contributed by atoms with van der Waals surface area (Å²) in [7, 11) is 0. The quantitative estimate of drug-likeness (QED) is 0.820. The Labute approximate surface area is 119 Å². The second kappa shape index (κ2) is 5.72. The topological polar surface area (TPSA) is 12.0 Å². The van der Waals surface area contributed by atoms with E-state index in [0.29, 0.717) is 11.6 Å². The van der Waals surface area contributed by atoms with Crippen molar-refractivity contribution in [1.82, 2.24) is 0 Å². The number of nitrogens with one attached hydrogen (secondary N) is 1. The minimum atomic E-state index is -0.315. The molecule has 0 unspecified atom stereocenters. The molecule has 0 aliphatic rings. The monoisotopic (exact) mass is 327 g/mol. The zero-order valence-electron chi connectivity index (χ0n) is 9.81. The van der Waals surface area contributed by atoms with Gasteiger partial charge in [-0.05, 0) is 54.4 Å². The van der Waals surface area contributed by atoms with Gasteiger partial charge in [0.05, 0.1) is 0 Å². The van der Waals surface area contributed by atoms with Gasteiger partial charge in [0.25, 0.3) is 0 Å². The van der Waals surface area contributed by atoms with E-state index in [9.17, 15) is 4.39 Å². The Kier molecular flexibility index (Phi) is 4.25. The molecule has 0 atom stereocenters. The highest BCUT2D eigenvalue weighted by Gasteiger charge is 2.01. The fourth-order valence-electron chi connectivity index (χ4n) is 1.76. The van der Waals surface area contributed by atoms with Crippen LogP contribution in [0, 0.1) is 12.7 Å². The Balaban J connectivity index is 2.11. The Morgan fingerprint density at radius 3 is 2.61 bits per heavy atom. The van der Waals surface area contributed by atoms with Crippen LogP contribution in [-0.4, -0.2) is 0 Å². The van der Waals surface area contributed by atoms with Crippen LogP contribution in [0.3, 0.4) is 0 Å². The Morgan fingerprint density at radius 2 is 1.94 bits per heavy atom. The largest absolute Gasteiger partial charge is 0.381 e. The van der Waals surface area contributed by atoms with Crippen LogP contribution in [0.1, 0.15) is 11.1 Å². The zero-order valence-corrected chi connectivity index (χ0v) is 12.1. The molecule has 0 aliphatic heterocycles. The summed E-state index contributed by atoms with van der Waals surface area (Å²) in [6.45, 7) is 2.56. The molecule has 1 N–H and O–H groups in total. The van der Waals surface area contributed by atoms with Crippen molar-refractivity contribution in [2.24, 2.45) is 0 Å². The van der Waals surface area contributed by atoms with Crippen LogP contribution in [0.25, 0.3) is 0 Å². The van der Waals surface area contributed by atoms with Crippen LogP contribution in [0.15, 0.2) is 40.9 Å². The van der Waals surface area contributed by atoms with Crippen LogP contribution in [0.2, 0.25) is 5.02 Å². The highest BCUT2D eigenvalue weighted by molar-refractivity contribution is 9.10. The lowest BCUT2D eigenvalue weighted by Gasteiger charge is -2.09. The van der Waals surface area contributed by atoms with Gasteiger partial charge in [-0.25, -0.2) is 4.39 Å². The Bertz CT molecular complexity index is 480. The molecule has 2 aromatic rings. The number of benzene rings is 2. The summed E-state index contributed by atoms with van der Waals surface area (Å²) < 4.78 is 14.2. The van der Waals surface area contributed by atoms with Gasteiger partial charge in [-0.2, -0.15) is 0 Å². The van der Waals surface area contributed by atoms with E-state index in [-0.39, 0.29) is 5.82 Å². The number of aryl methyl sites for hydroxylation is 1. The average Bonchev–Trinajstić information content (AvgIpc) is 2.23. The van der Waals surface area contributed by atoms with E-state index in [1.54, 1.807) is 6.07 Å². The third-order valence-corrected chi connectivity index (χ3v) is 3.14. The molecule has 94 valence electrons. The number of hydrogen-bond acceptors (Lipinski definition) is 1. The van der Waals surface area contributed by atoms with Crippen molar-refractivity contribution in [2.75, 3.05) is 5.32 Å². The van der Waals surface area contributed by atoms with E-state index >= 15 is 0 Å². The molecule has 0 spiro atoms. The van der Waals surface area contributed by atoms with Crippen molar-refractivity contribution in [3.63, 3.8) is 0 Å². The molecule has 0 fully saturated rings. The maximum Gasteiger partial charge on any atom is 0.125 e. The fraction of sp³-hybridized carbons (Fsp3) is 0.143. The summed E-state index contributed by atoms with van der Waals surface area (Å²) >= 11 is 9.25. The lowest BCUT2D eigenvalue weighted by Crippen LogP contribution is -2.00. The third kappa shape index (κ3) is 3.72. The Morgan fingerprint density at radius 1 is 1.17 bits per heavy atom. The van der Waals surface area contributed by atoms with E-state index in [0.717, 1.165) is 21.3 Å². The number of rotatable bonds is 3. The molecule has 0 saturated carbocycles. The summed E-state index contributed by atoms with van der Waals surface area (Å²) in [6, 6.07) is 10.6. The molecule has 0 aromatic heterocycles. The van der Waals surface area contributed by atoms with E-state index in [1.165, 1.54) is 12.1 Å². The molecule has 2 aromatic carbocycles. The van der Waals surface area contributed by atoms with Crippen molar-refractivity contribution in [3.05, 3.63) is 62.8 Å². The standard InChI is InChI=1S/C14H12BrClFN/c1-9-2-11(15)6-14(3-9)18-8-10-4-12(16)7-13(17)5-10/h2-7,18H,8H2,1H3. The van der Waals surface area contributed by atoms with Crippen LogP contribution in [-0.2, 0) is 6.54 Å². The van der Waals surface area contributed by atoms with E-state index < -0.39 is 0 Å². The summed E-state index contributed by atoms with van der Waals surface area (Å²) in [5.74, 6) is -0.315. The summed E-state index contributed by atoms with van der Waals surface area (Å²) in [4.78, 5) is 0. The first kappa shape index (κ1) is 13.4. The van der Waals surface area contributed by atoms with E-state index in [1.807, 2.05) is 25.1 Å². The van der Waals surface area contributed by atoms with Gasteiger partial charge in [0.2, 0.25) is 0 Å². The van der Waals surface area contributed by atoms with Crippen LogP contribution in [0.5, 0.6) is 0 Å². The molecule has 1 nitrogen and oxygen atoms in total. The lowest BCUT2D eigenvalue weighted by atomic mass is 10.2. The van der Waals surface area contributed by atoms with Gasteiger partial charge in [-0.1, -0.05) is 27.5 Å². The van der Waals surface area contributed by atoms with Crippen molar-refractivity contribution < 1.29 is 4.39 Å². The van der Waals surface area contributed by atoms with Gasteiger partial charge in [-0.3, -0.25) is 0 Å². The van der Waals surface area contributed by atoms with Gasteiger partial charge in [0.15, 0.2) is 0 Å². The predicted molar refractivity (Wildman–Crippen MR) is 77.6 cm³/mol. The minimum Gasteiger partial charge on any atom is -0.381 e. The van der Waals surface area contributed by atoms with Crippen molar-refractivity contribution in [2.45, 2.75) is 13.5 Å². The average molecular weight is 329 g/mol. The number of anilines is 1. The number of halogens is 3. The maximum absolute atomic E-state index is 13.2. The molecule has 0 saturated heterocycles. The van der Waals surface area contributed by atoms with Gasteiger partial charge in [0.1, 0.15) is 5.82 Å². The van der Waals surface area contributed by atoms with E-state index in [4.69, 9.17) is 11.6 Å². The summed E-state index contributed by atoms with van der Waals surface area (Å²) in [5.41, 5.74) is 2.96. The zero-order chi connectivity index (χ0) is 13.1. The summed E-state index contributed by atoms with van der Waals surface area (Å²) in [5, 5.41) is 3.66. The molecular weight excluding hydrogens is 317 g/mol. The summed E-state index contributed by atoms with van der Waals surface area (Å²) in [6.07, 6.45) is 0.